The Morgan fingerprint density at radius 2 is 0.769 bits per heavy atom. The van der Waals surface area contributed by atoms with E-state index in [4.69, 9.17) is 0 Å². The average molecular weight is 732 g/mol. The largest absolute Gasteiger partial charge is 0.471 e. The quantitative estimate of drug-likeness (QED) is 0.0877. The van der Waals surface area contributed by atoms with Gasteiger partial charge in [-0.3, -0.25) is 24.6 Å². The third-order valence-electron chi connectivity index (χ3n) is 9.37. The Morgan fingerprint density at radius 3 is 1.06 bits per heavy atom. The molecule has 0 fully saturated rings. The van der Waals surface area contributed by atoms with Gasteiger partial charge in [0.25, 0.3) is 5.91 Å². The van der Waals surface area contributed by atoms with E-state index in [0.29, 0.717) is 64.5 Å². The van der Waals surface area contributed by atoms with Crippen molar-refractivity contribution in [1.29, 1.82) is 0 Å². The van der Waals surface area contributed by atoms with E-state index in [2.05, 4.69) is 16.1 Å². The number of hydrogen-bond acceptors (Lipinski definition) is 5. The molecule has 2 aromatic rings. The summed E-state index contributed by atoms with van der Waals surface area (Å²) in [7, 11) is 0. The van der Waals surface area contributed by atoms with Gasteiger partial charge in [0, 0.05) is 13.1 Å². The highest BCUT2D eigenvalue weighted by molar-refractivity contribution is 5.99. The van der Waals surface area contributed by atoms with E-state index in [1.807, 2.05) is 98.7 Å². The molecular formula is C40H60F3N5O4. The van der Waals surface area contributed by atoms with E-state index < -0.39 is 46.4 Å². The van der Waals surface area contributed by atoms with Crippen LogP contribution in [0.1, 0.15) is 130 Å². The van der Waals surface area contributed by atoms with Crippen molar-refractivity contribution in [3.05, 3.63) is 71.8 Å². The van der Waals surface area contributed by atoms with Gasteiger partial charge in [-0.15, -0.1) is 0 Å². The fraction of sp³-hybridized carbons (Fsp3) is 0.600. The molecule has 12 heteroatoms. The van der Waals surface area contributed by atoms with Crippen molar-refractivity contribution >= 4 is 23.6 Å². The minimum Gasteiger partial charge on any atom is -0.340 e. The highest BCUT2D eigenvalue weighted by atomic mass is 19.4. The normalized spacial score (nSPS) is 12.3. The SMILES string of the molecule is CCCC(CCC)(NC(=O)C(F)(F)F)C(=O)NC(CCC)(CCC)C(=O)NC(CCC)(CCC)C(=O)NN(Cc1ccccc1)Cc1ccccc1. The summed E-state index contributed by atoms with van der Waals surface area (Å²) >= 11 is 0. The topological polar surface area (TPSA) is 120 Å². The summed E-state index contributed by atoms with van der Waals surface area (Å²) in [4.78, 5) is 55.9. The van der Waals surface area contributed by atoms with E-state index >= 15 is 0 Å². The molecule has 0 saturated carbocycles. The van der Waals surface area contributed by atoms with Gasteiger partial charge in [0.15, 0.2) is 0 Å². The lowest BCUT2D eigenvalue weighted by molar-refractivity contribution is -0.176. The number of nitrogens with one attached hydrogen (secondary N) is 4. The number of carbonyl (C=O) groups is 4. The molecule has 0 aliphatic heterocycles. The van der Waals surface area contributed by atoms with Crippen LogP contribution in [0.4, 0.5) is 13.2 Å². The van der Waals surface area contributed by atoms with Crippen molar-refractivity contribution in [2.45, 2.75) is 154 Å². The maximum atomic E-state index is 14.8. The van der Waals surface area contributed by atoms with E-state index in [1.54, 1.807) is 13.8 Å². The number of amides is 4. The number of benzene rings is 2. The number of halogens is 3. The monoisotopic (exact) mass is 731 g/mol. The second kappa shape index (κ2) is 20.9. The Hall–Kier alpha value is -3.93. The maximum absolute atomic E-state index is 14.8. The van der Waals surface area contributed by atoms with Gasteiger partial charge < -0.3 is 16.0 Å². The molecule has 4 N–H and O–H groups in total. The van der Waals surface area contributed by atoms with Crippen LogP contribution in [0.5, 0.6) is 0 Å². The van der Waals surface area contributed by atoms with Crippen LogP contribution in [-0.2, 0) is 32.3 Å². The molecule has 0 bridgehead atoms. The Kier molecular flexibility index (Phi) is 17.8. The molecule has 0 aromatic heterocycles. The predicted molar refractivity (Wildman–Crippen MR) is 198 cm³/mol. The average Bonchev–Trinajstić information content (AvgIpc) is 3.09. The summed E-state index contributed by atoms with van der Waals surface area (Å²) in [6, 6.07) is 19.4. The first-order chi connectivity index (χ1) is 24.7. The molecule has 0 aliphatic rings. The Morgan fingerprint density at radius 1 is 0.481 bits per heavy atom. The number of carbonyl (C=O) groups excluding carboxylic acids is 4. The molecule has 0 unspecified atom stereocenters. The first-order valence-electron chi connectivity index (χ1n) is 18.9. The van der Waals surface area contributed by atoms with Crippen LogP contribution in [0.15, 0.2) is 60.7 Å². The fourth-order valence-electron chi connectivity index (χ4n) is 7.12. The number of hydrazine groups is 1. The van der Waals surface area contributed by atoms with Crippen LogP contribution in [0.2, 0.25) is 0 Å². The van der Waals surface area contributed by atoms with E-state index in [0.717, 1.165) is 11.1 Å². The van der Waals surface area contributed by atoms with Crippen LogP contribution in [0, 0.1) is 0 Å². The van der Waals surface area contributed by atoms with Crippen molar-refractivity contribution in [3.8, 4) is 0 Å². The van der Waals surface area contributed by atoms with Crippen molar-refractivity contribution in [2.75, 3.05) is 0 Å². The lowest BCUT2D eigenvalue weighted by Crippen LogP contribution is -2.70. The molecule has 0 spiro atoms. The minimum atomic E-state index is -5.20. The van der Waals surface area contributed by atoms with Crippen LogP contribution in [0.25, 0.3) is 0 Å². The number of alkyl halides is 3. The second-order valence-corrected chi connectivity index (χ2v) is 13.9. The summed E-state index contributed by atoms with van der Waals surface area (Å²) in [5.41, 5.74) is 0.265. The molecule has 290 valence electrons. The zero-order valence-electron chi connectivity index (χ0n) is 31.9. The summed E-state index contributed by atoms with van der Waals surface area (Å²) in [5, 5.41) is 9.81. The summed E-state index contributed by atoms with van der Waals surface area (Å²) in [6.07, 6.45) is -1.69. The molecule has 4 amide bonds. The lowest BCUT2D eigenvalue weighted by Gasteiger charge is -2.42. The van der Waals surface area contributed by atoms with Crippen molar-refractivity contribution in [2.24, 2.45) is 0 Å². The first-order valence-corrected chi connectivity index (χ1v) is 18.9. The van der Waals surface area contributed by atoms with Gasteiger partial charge in [-0.1, -0.05) is 141 Å². The minimum absolute atomic E-state index is 0.0544. The summed E-state index contributed by atoms with van der Waals surface area (Å²) < 4.78 is 40.6. The highest BCUT2D eigenvalue weighted by Crippen LogP contribution is 2.30. The Bertz CT molecular complexity index is 1350. The van der Waals surface area contributed by atoms with Gasteiger partial charge in [-0.05, 0) is 49.7 Å². The van der Waals surface area contributed by atoms with Gasteiger partial charge in [-0.25, -0.2) is 5.01 Å². The van der Waals surface area contributed by atoms with Gasteiger partial charge in [-0.2, -0.15) is 13.2 Å². The van der Waals surface area contributed by atoms with Crippen LogP contribution in [0.3, 0.4) is 0 Å². The standard InChI is InChI=1S/C40H60F3N5O4/c1-7-23-37(24-8-2,44-34(50)38(25-9-3,26-10-4)46-36(52)40(41,42)43)33(49)45-39(27-11-5,28-12-6)35(51)47-48(29-31-19-15-13-16-20-31)30-32-21-17-14-18-22-32/h13-22H,7-12,23-30H2,1-6H3,(H,44,50)(H,45,49)(H,46,52)(H,47,51). The van der Waals surface area contributed by atoms with E-state index in [1.165, 1.54) is 0 Å². The third-order valence-corrected chi connectivity index (χ3v) is 9.37. The number of rotatable bonds is 23. The van der Waals surface area contributed by atoms with Crippen molar-refractivity contribution < 1.29 is 32.3 Å². The molecule has 0 atom stereocenters. The second-order valence-electron chi connectivity index (χ2n) is 13.9. The van der Waals surface area contributed by atoms with Crippen LogP contribution < -0.4 is 21.4 Å². The molecule has 9 nitrogen and oxygen atoms in total. The zero-order valence-corrected chi connectivity index (χ0v) is 31.9. The molecule has 52 heavy (non-hydrogen) atoms. The fourth-order valence-corrected chi connectivity index (χ4v) is 7.12. The number of hydrogen-bond donors (Lipinski definition) is 4. The van der Waals surface area contributed by atoms with Crippen molar-refractivity contribution in [1.82, 2.24) is 26.4 Å². The molecule has 0 heterocycles. The van der Waals surface area contributed by atoms with Crippen LogP contribution in [-0.4, -0.2) is 51.4 Å². The Balaban J connectivity index is 2.59. The van der Waals surface area contributed by atoms with E-state index in [-0.39, 0.29) is 25.7 Å². The van der Waals surface area contributed by atoms with Gasteiger partial charge in [0.1, 0.15) is 16.6 Å². The van der Waals surface area contributed by atoms with E-state index in [9.17, 15) is 32.3 Å². The molecule has 0 aliphatic carbocycles. The molecule has 0 saturated heterocycles. The molecule has 2 rings (SSSR count). The maximum Gasteiger partial charge on any atom is 0.471 e. The molecular weight excluding hydrogens is 671 g/mol. The predicted octanol–water partition coefficient (Wildman–Crippen LogP) is 7.65. The first kappa shape index (κ1) is 44.2. The number of nitrogens with zero attached hydrogens (tertiary/aromatic N) is 1. The Labute approximate surface area is 308 Å². The third kappa shape index (κ3) is 12.3. The van der Waals surface area contributed by atoms with Crippen molar-refractivity contribution in [3.63, 3.8) is 0 Å². The van der Waals surface area contributed by atoms with Gasteiger partial charge in [0.2, 0.25) is 11.8 Å². The smallest absolute Gasteiger partial charge is 0.340 e. The molecule has 2 aromatic carbocycles. The van der Waals surface area contributed by atoms with Crippen LogP contribution >= 0.6 is 0 Å². The summed E-state index contributed by atoms with van der Waals surface area (Å²) in [6.45, 7) is 11.8. The summed E-state index contributed by atoms with van der Waals surface area (Å²) in [5.74, 6) is -4.02. The molecule has 0 radical (unpaired) electrons. The van der Waals surface area contributed by atoms with Gasteiger partial charge >= 0.3 is 12.1 Å². The zero-order chi connectivity index (χ0) is 38.8. The lowest BCUT2D eigenvalue weighted by atomic mass is 9.81. The highest BCUT2D eigenvalue weighted by Gasteiger charge is 2.51. The van der Waals surface area contributed by atoms with Gasteiger partial charge in [0.05, 0.1) is 0 Å².